The molecule has 4 heterocycles. The van der Waals surface area contributed by atoms with E-state index in [-0.39, 0.29) is 12.1 Å². The van der Waals surface area contributed by atoms with Gasteiger partial charge in [0.05, 0.1) is 17.8 Å². The molecule has 4 aromatic rings. The van der Waals surface area contributed by atoms with Crippen molar-refractivity contribution in [2.24, 2.45) is 0 Å². The van der Waals surface area contributed by atoms with Gasteiger partial charge in [0.15, 0.2) is 5.11 Å². The van der Waals surface area contributed by atoms with Crippen molar-refractivity contribution >= 4 is 28.9 Å². The summed E-state index contributed by atoms with van der Waals surface area (Å²) < 4.78 is 2.25. The van der Waals surface area contributed by atoms with Crippen molar-refractivity contribution in [2.75, 3.05) is 0 Å². The maximum Gasteiger partial charge on any atom is 0.170 e. The third-order valence-electron chi connectivity index (χ3n) is 6.13. The maximum absolute atomic E-state index is 6.31. The van der Waals surface area contributed by atoms with Crippen LogP contribution in [-0.2, 0) is 6.54 Å². The molecule has 0 amide bonds. The average molecular weight is 474 g/mol. The van der Waals surface area contributed by atoms with E-state index in [0.717, 1.165) is 33.4 Å². The van der Waals surface area contributed by atoms with E-state index in [9.17, 15) is 0 Å². The smallest absolute Gasteiger partial charge is 0.170 e. The third kappa shape index (κ3) is 4.12. The Balaban J connectivity index is 1.62. The minimum absolute atomic E-state index is 0.0215. The summed E-state index contributed by atoms with van der Waals surface area (Å²) in [5, 5.41) is 4.97. The number of nitrogens with zero attached hydrogens (tertiary/aromatic N) is 4. The van der Waals surface area contributed by atoms with E-state index in [1.165, 1.54) is 5.56 Å². The van der Waals surface area contributed by atoms with E-state index in [0.29, 0.717) is 11.7 Å². The van der Waals surface area contributed by atoms with Gasteiger partial charge in [0, 0.05) is 47.2 Å². The lowest BCUT2D eigenvalue weighted by molar-refractivity contribution is 0.310. The zero-order chi connectivity index (χ0) is 22.9. The number of benzene rings is 1. The fourth-order valence-electron chi connectivity index (χ4n) is 4.70. The van der Waals surface area contributed by atoms with Crippen LogP contribution in [0.5, 0.6) is 0 Å². The lowest BCUT2D eigenvalue weighted by atomic mass is 9.96. The third-order valence-corrected chi connectivity index (χ3v) is 6.72. The van der Waals surface area contributed by atoms with Crippen LogP contribution >= 0.6 is 23.8 Å². The van der Waals surface area contributed by atoms with Crippen LogP contribution in [-0.4, -0.2) is 24.5 Å². The molecule has 0 spiro atoms. The standard InChI is InChI=1S/C26H24ClN5S/c1-17-13-22(18(2)32(17)21-9-5-8-20(27)14-21)25-24(23-10-3-4-12-29-23)30-26(33)31(25)16-19-7-6-11-28-15-19/h3-15,24-25H,16H2,1-2H3,(H,30,33)/t24-,25+/m0/s1. The van der Waals surface area contributed by atoms with Crippen LogP contribution in [0.3, 0.4) is 0 Å². The van der Waals surface area contributed by atoms with Crippen molar-refractivity contribution in [3.8, 4) is 5.69 Å². The fourth-order valence-corrected chi connectivity index (χ4v) is 5.19. The molecule has 0 aliphatic carbocycles. The molecule has 7 heteroatoms. The van der Waals surface area contributed by atoms with Crippen LogP contribution in [0.2, 0.25) is 5.02 Å². The second-order valence-corrected chi connectivity index (χ2v) is 9.08. The highest BCUT2D eigenvalue weighted by Crippen LogP contribution is 2.42. The Labute approximate surface area is 204 Å². The highest BCUT2D eigenvalue weighted by Gasteiger charge is 2.41. The zero-order valence-electron chi connectivity index (χ0n) is 18.4. The molecule has 5 nitrogen and oxygen atoms in total. The Morgan fingerprint density at radius 2 is 1.91 bits per heavy atom. The van der Waals surface area contributed by atoms with Crippen LogP contribution in [0, 0.1) is 13.8 Å². The van der Waals surface area contributed by atoms with E-state index in [2.05, 4.69) is 62.9 Å². The average Bonchev–Trinajstić information content (AvgIpc) is 3.30. The quantitative estimate of drug-likeness (QED) is 0.376. The normalized spacial score (nSPS) is 17.9. The van der Waals surface area contributed by atoms with Crippen molar-refractivity contribution in [3.05, 3.63) is 112 Å². The van der Waals surface area contributed by atoms with E-state index >= 15 is 0 Å². The molecule has 1 aromatic carbocycles. The summed E-state index contributed by atoms with van der Waals surface area (Å²) in [6.07, 6.45) is 5.51. The van der Waals surface area contributed by atoms with Gasteiger partial charge < -0.3 is 14.8 Å². The van der Waals surface area contributed by atoms with Crippen LogP contribution in [0.1, 0.15) is 40.3 Å². The molecule has 166 valence electrons. The highest BCUT2D eigenvalue weighted by atomic mass is 35.5. The van der Waals surface area contributed by atoms with E-state index in [4.69, 9.17) is 23.8 Å². The van der Waals surface area contributed by atoms with Crippen LogP contribution < -0.4 is 5.32 Å². The van der Waals surface area contributed by atoms with Gasteiger partial charge in [-0.25, -0.2) is 0 Å². The maximum atomic E-state index is 6.31. The minimum Gasteiger partial charge on any atom is -0.352 e. The number of aromatic nitrogens is 3. The number of rotatable bonds is 5. The number of pyridine rings is 2. The van der Waals surface area contributed by atoms with Crippen molar-refractivity contribution in [1.82, 2.24) is 24.8 Å². The summed E-state index contributed by atoms with van der Waals surface area (Å²) in [6.45, 7) is 4.94. The number of thiocarbonyl (C=S) groups is 1. The topological polar surface area (TPSA) is 46.0 Å². The molecule has 1 fully saturated rings. The Bertz CT molecular complexity index is 1290. The first-order chi connectivity index (χ1) is 16.0. The lowest BCUT2D eigenvalue weighted by Crippen LogP contribution is -2.29. The second-order valence-electron chi connectivity index (χ2n) is 8.26. The Morgan fingerprint density at radius 1 is 1.03 bits per heavy atom. The first kappa shape index (κ1) is 21.6. The molecule has 2 atom stereocenters. The van der Waals surface area contributed by atoms with Crippen LogP contribution in [0.15, 0.2) is 79.3 Å². The molecule has 1 aliphatic heterocycles. The van der Waals surface area contributed by atoms with Crippen molar-refractivity contribution < 1.29 is 0 Å². The monoisotopic (exact) mass is 473 g/mol. The van der Waals surface area contributed by atoms with E-state index in [1.54, 1.807) is 6.20 Å². The molecule has 5 rings (SSSR count). The SMILES string of the molecule is Cc1cc([C@@H]2[C@H](c3ccccn3)NC(=S)N2Cc2cccnc2)c(C)n1-c1cccc(Cl)c1. The molecule has 1 aliphatic rings. The molecule has 1 saturated heterocycles. The number of hydrogen-bond acceptors (Lipinski definition) is 3. The Kier molecular flexibility index (Phi) is 5.87. The van der Waals surface area contributed by atoms with Crippen molar-refractivity contribution in [3.63, 3.8) is 0 Å². The van der Waals surface area contributed by atoms with Gasteiger partial charge in [0.2, 0.25) is 0 Å². The summed E-state index contributed by atoms with van der Waals surface area (Å²) in [6, 6.07) is 20.2. The summed E-state index contributed by atoms with van der Waals surface area (Å²) in [5.74, 6) is 0. The predicted octanol–water partition coefficient (Wildman–Crippen LogP) is 5.71. The predicted molar refractivity (Wildman–Crippen MR) is 135 cm³/mol. The van der Waals surface area contributed by atoms with Crippen molar-refractivity contribution in [1.29, 1.82) is 0 Å². The molecular formula is C26H24ClN5S. The zero-order valence-corrected chi connectivity index (χ0v) is 20.0. The largest absolute Gasteiger partial charge is 0.352 e. The Morgan fingerprint density at radius 3 is 2.64 bits per heavy atom. The van der Waals surface area contributed by atoms with Crippen molar-refractivity contribution in [2.45, 2.75) is 32.5 Å². The van der Waals surface area contributed by atoms with Gasteiger partial charge in [-0.3, -0.25) is 9.97 Å². The summed E-state index contributed by atoms with van der Waals surface area (Å²) in [7, 11) is 0. The molecular weight excluding hydrogens is 450 g/mol. The molecule has 0 bridgehead atoms. The van der Waals surface area contributed by atoms with Gasteiger partial charge in [-0.1, -0.05) is 29.8 Å². The summed E-state index contributed by atoms with van der Waals surface area (Å²) >= 11 is 12.1. The number of aryl methyl sites for hydroxylation is 1. The van der Waals surface area contributed by atoms with E-state index < -0.39 is 0 Å². The molecule has 0 radical (unpaired) electrons. The first-order valence-corrected chi connectivity index (χ1v) is 11.6. The second kappa shape index (κ2) is 8.96. The lowest BCUT2D eigenvalue weighted by Gasteiger charge is -2.28. The molecule has 33 heavy (non-hydrogen) atoms. The highest BCUT2D eigenvalue weighted by molar-refractivity contribution is 7.80. The summed E-state index contributed by atoms with van der Waals surface area (Å²) in [5.41, 5.74) is 6.62. The molecule has 3 aromatic heterocycles. The molecule has 1 N–H and O–H groups in total. The minimum atomic E-state index is -0.0660. The fraction of sp³-hybridized carbons (Fsp3) is 0.192. The summed E-state index contributed by atoms with van der Waals surface area (Å²) in [4.78, 5) is 11.2. The number of hydrogen-bond donors (Lipinski definition) is 1. The van der Waals surface area contributed by atoms with E-state index in [1.807, 2.05) is 48.8 Å². The van der Waals surface area contributed by atoms with Gasteiger partial charge in [-0.2, -0.15) is 0 Å². The van der Waals surface area contributed by atoms with Gasteiger partial charge in [0.1, 0.15) is 0 Å². The first-order valence-electron chi connectivity index (χ1n) is 10.8. The van der Waals surface area contributed by atoms with Gasteiger partial charge in [-0.05, 0) is 79.7 Å². The van der Waals surface area contributed by atoms with Gasteiger partial charge in [0.25, 0.3) is 0 Å². The Hall–Kier alpha value is -3.22. The van der Waals surface area contributed by atoms with Crippen LogP contribution in [0.25, 0.3) is 5.69 Å². The van der Waals surface area contributed by atoms with Gasteiger partial charge >= 0.3 is 0 Å². The molecule has 0 saturated carbocycles. The van der Waals surface area contributed by atoms with Gasteiger partial charge in [-0.15, -0.1) is 0 Å². The number of nitrogens with one attached hydrogen (secondary N) is 1. The molecule has 0 unspecified atom stereocenters. The van der Waals surface area contributed by atoms with Crippen LogP contribution in [0.4, 0.5) is 0 Å². The number of halogens is 1.